The smallest absolute Gasteiger partial charge is 0.125 e. The summed E-state index contributed by atoms with van der Waals surface area (Å²) in [5.74, 6) is -0.232. The van der Waals surface area contributed by atoms with Crippen LogP contribution in [0.2, 0.25) is 0 Å². The molecule has 2 nitrogen and oxygen atoms in total. The van der Waals surface area contributed by atoms with Crippen molar-refractivity contribution in [1.82, 2.24) is 0 Å². The number of benzene rings is 2. The van der Waals surface area contributed by atoms with Gasteiger partial charge in [-0.15, -0.1) is 0 Å². The molecule has 2 N–H and O–H groups in total. The predicted octanol–water partition coefficient (Wildman–Crippen LogP) is 3.05. The summed E-state index contributed by atoms with van der Waals surface area (Å²) in [5, 5.41) is 0. The molecule has 0 radical (unpaired) electrons. The topological polar surface area (TPSA) is 29.3 Å². The largest absolute Gasteiger partial charge is 0.345 e. The maximum Gasteiger partial charge on any atom is 0.125 e. The highest BCUT2D eigenvalue weighted by molar-refractivity contribution is 5.62. The van der Waals surface area contributed by atoms with Gasteiger partial charge in [-0.25, -0.2) is 4.39 Å². The minimum Gasteiger partial charge on any atom is -0.345 e. The Hall–Kier alpha value is -1.87. The summed E-state index contributed by atoms with van der Waals surface area (Å²) in [4.78, 5) is 1.93. The Balaban J connectivity index is 2.33. The molecule has 0 spiro atoms. The highest BCUT2D eigenvalue weighted by Crippen LogP contribution is 2.24. The zero-order valence-corrected chi connectivity index (χ0v) is 9.73. The highest BCUT2D eigenvalue weighted by atomic mass is 19.1. The van der Waals surface area contributed by atoms with Crippen LogP contribution >= 0.6 is 0 Å². The van der Waals surface area contributed by atoms with Gasteiger partial charge in [0.2, 0.25) is 0 Å². The molecule has 2 aromatic rings. The lowest BCUT2D eigenvalue weighted by molar-refractivity contribution is 0.628. The van der Waals surface area contributed by atoms with E-state index in [9.17, 15) is 4.39 Å². The van der Waals surface area contributed by atoms with Crippen LogP contribution < -0.4 is 10.6 Å². The lowest BCUT2D eigenvalue weighted by Crippen LogP contribution is -2.10. The van der Waals surface area contributed by atoms with Crippen molar-refractivity contribution in [2.24, 2.45) is 5.73 Å². The standard InChI is InChI=1S/C14H15FN2/c1-17(14-7-3-5-12(15)9-14)13-6-2-4-11(8-13)10-16/h2-9H,10,16H2,1H3. The van der Waals surface area contributed by atoms with E-state index in [1.54, 1.807) is 6.07 Å². The predicted molar refractivity (Wildman–Crippen MR) is 68.8 cm³/mol. The first-order chi connectivity index (χ1) is 8.20. The molecule has 0 bridgehead atoms. The van der Waals surface area contributed by atoms with Gasteiger partial charge >= 0.3 is 0 Å². The third-order valence-electron chi connectivity index (χ3n) is 2.73. The van der Waals surface area contributed by atoms with Crippen LogP contribution in [0.4, 0.5) is 15.8 Å². The van der Waals surface area contributed by atoms with Crippen molar-refractivity contribution in [3.05, 3.63) is 59.9 Å². The highest BCUT2D eigenvalue weighted by Gasteiger charge is 2.05. The van der Waals surface area contributed by atoms with Gasteiger partial charge in [0, 0.05) is 25.0 Å². The van der Waals surface area contributed by atoms with Gasteiger partial charge in [-0.1, -0.05) is 18.2 Å². The molecular weight excluding hydrogens is 215 g/mol. The van der Waals surface area contributed by atoms with E-state index < -0.39 is 0 Å². The second-order valence-electron chi connectivity index (χ2n) is 3.91. The molecule has 2 rings (SSSR count). The van der Waals surface area contributed by atoms with Crippen LogP contribution in [0.3, 0.4) is 0 Å². The van der Waals surface area contributed by atoms with Crippen molar-refractivity contribution in [2.75, 3.05) is 11.9 Å². The van der Waals surface area contributed by atoms with Crippen LogP contribution in [-0.2, 0) is 6.54 Å². The van der Waals surface area contributed by atoms with Gasteiger partial charge in [0.05, 0.1) is 0 Å². The van der Waals surface area contributed by atoms with Gasteiger partial charge < -0.3 is 10.6 Å². The average molecular weight is 230 g/mol. The van der Waals surface area contributed by atoms with Gasteiger partial charge in [-0.3, -0.25) is 0 Å². The summed E-state index contributed by atoms with van der Waals surface area (Å²) < 4.78 is 13.1. The molecule has 2 aromatic carbocycles. The molecule has 0 aromatic heterocycles. The Bertz CT molecular complexity index is 511. The summed E-state index contributed by atoms with van der Waals surface area (Å²) in [7, 11) is 1.91. The number of anilines is 2. The second kappa shape index (κ2) is 4.97. The number of nitrogens with two attached hydrogens (primary N) is 1. The van der Waals surface area contributed by atoms with Gasteiger partial charge in [0.25, 0.3) is 0 Å². The zero-order valence-electron chi connectivity index (χ0n) is 9.73. The quantitative estimate of drug-likeness (QED) is 0.878. The maximum atomic E-state index is 13.1. The molecule has 88 valence electrons. The third-order valence-corrected chi connectivity index (χ3v) is 2.73. The van der Waals surface area contributed by atoms with Crippen LogP contribution in [0.1, 0.15) is 5.56 Å². The fourth-order valence-corrected chi connectivity index (χ4v) is 1.73. The second-order valence-corrected chi connectivity index (χ2v) is 3.91. The monoisotopic (exact) mass is 230 g/mol. The van der Waals surface area contributed by atoms with Crippen molar-refractivity contribution in [3.63, 3.8) is 0 Å². The van der Waals surface area contributed by atoms with Gasteiger partial charge in [0.15, 0.2) is 0 Å². The number of nitrogens with zero attached hydrogens (tertiary/aromatic N) is 1. The third kappa shape index (κ3) is 2.63. The molecule has 0 saturated carbocycles. The fraction of sp³-hybridized carbons (Fsp3) is 0.143. The Labute approximate surface area is 100 Å². The number of hydrogen-bond acceptors (Lipinski definition) is 2. The van der Waals surface area contributed by atoms with E-state index in [-0.39, 0.29) is 5.82 Å². The Morgan fingerprint density at radius 2 is 1.71 bits per heavy atom. The van der Waals surface area contributed by atoms with E-state index in [2.05, 4.69) is 0 Å². The van der Waals surface area contributed by atoms with Crippen molar-refractivity contribution in [1.29, 1.82) is 0 Å². The van der Waals surface area contributed by atoms with E-state index in [0.717, 1.165) is 16.9 Å². The van der Waals surface area contributed by atoms with Crippen LogP contribution in [0.15, 0.2) is 48.5 Å². The van der Waals surface area contributed by atoms with E-state index >= 15 is 0 Å². The van der Waals surface area contributed by atoms with Crippen LogP contribution in [0.5, 0.6) is 0 Å². The molecule has 0 atom stereocenters. The molecule has 0 aliphatic carbocycles. The first-order valence-corrected chi connectivity index (χ1v) is 5.49. The number of halogens is 1. The van der Waals surface area contributed by atoms with Gasteiger partial charge in [-0.2, -0.15) is 0 Å². The van der Waals surface area contributed by atoms with E-state index in [1.807, 2.05) is 42.3 Å². The van der Waals surface area contributed by atoms with E-state index in [0.29, 0.717) is 6.54 Å². The van der Waals surface area contributed by atoms with Crippen LogP contribution in [0.25, 0.3) is 0 Å². The fourth-order valence-electron chi connectivity index (χ4n) is 1.73. The van der Waals surface area contributed by atoms with Crippen LogP contribution in [0, 0.1) is 5.82 Å². The molecule has 17 heavy (non-hydrogen) atoms. The van der Waals surface area contributed by atoms with Crippen molar-refractivity contribution in [2.45, 2.75) is 6.54 Å². The molecule has 0 fully saturated rings. The molecule has 0 amide bonds. The minimum atomic E-state index is -0.232. The maximum absolute atomic E-state index is 13.1. The molecule has 3 heteroatoms. The first kappa shape index (κ1) is 11.6. The van der Waals surface area contributed by atoms with Crippen molar-refractivity contribution in [3.8, 4) is 0 Å². The number of rotatable bonds is 3. The lowest BCUT2D eigenvalue weighted by atomic mass is 10.2. The SMILES string of the molecule is CN(c1cccc(F)c1)c1cccc(CN)c1. The Morgan fingerprint density at radius 3 is 2.35 bits per heavy atom. The van der Waals surface area contributed by atoms with Crippen LogP contribution in [-0.4, -0.2) is 7.05 Å². The van der Waals surface area contributed by atoms with Crippen molar-refractivity contribution < 1.29 is 4.39 Å². The van der Waals surface area contributed by atoms with E-state index in [4.69, 9.17) is 5.73 Å². The molecule has 0 saturated heterocycles. The molecule has 0 aliphatic rings. The summed E-state index contributed by atoms with van der Waals surface area (Å²) in [6.45, 7) is 0.505. The lowest BCUT2D eigenvalue weighted by Gasteiger charge is -2.20. The Morgan fingerprint density at radius 1 is 1.06 bits per heavy atom. The molecule has 0 unspecified atom stereocenters. The molecular formula is C14H15FN2. The molecule has 0 aliphatic heterocycles. The zero-order chi connectivity index (χ0) is 12.3. The summed E-state index contributed by atoms with van der Waals surface area (Å²) in [5.41, 5.74) is 8.48. The van der Waals surface area contributed by atoms with E-state index in [1.165, 1.54) is 12.1 Å². The average Bonchev–Trinajstić information content (AvgIpc) is 2.38. The number of hydrogen-bond donors (Lipinski definition) is 1. The first-order valence-electron chi connectivity index (χ1n) is 5.49. The minimum absolute atomic E-state index is 0.232. The Kier molecular flexibility index (Phi) is 3.40. The normalized spacial score (nSPS) is 10.3. The summed E-state index contributed by atoms with van der Waals surface area (Å²) in [6.07, 6.45) is 0. The summed E-state index contributed by atoms with van der Waals surface area (Å²) in [6, 6.07) is 14.4. The molecule has 0 heterocycles. The van der Waals surface area contributed by atoms with Gasteiger partial charge in [-0.05, 0) is 35.9 Å². The summed E-state index contributed by atoms with van der Waals surface area (Å²) >= 11 is 0. The van der Waals surface area contributed by atoms with Gasteiger partial charge in [0.1, 0.15) is 5.82 Å². The van der Waals surface area contributed by atoms with Crippen molar-refractivity contribution >= 4 is 11.4 Å².